The number of likely N-dealkylation sites (N-methyl/N-ethyl adjacent to an activating group) is 1. The molecule has 1 heterocycles. The van der Waals surface area contributed by atoms with Crippen molar-refractivity contribution < 1.29 is 0 Å². The molecule has 0 bridgehead atoms. The van der Waals surface area contributed by atoms with Crippen LogP contribution in [0.1, 0.15) is 64.1 Å². The third-order valence-corrected chi connectivity index (χ3v) is 4.41. The topological polar surface area (TPSA) is 39.7 Å². The highest BCUT2D eigenvalue weighted by molar-refractivity contribution is 5.59. The fourth-order valence-electron chi connectivity index (χ4n) is 3.03. The highest BCUT2D eigenvalue weighted by Crippen LogP contribution is 2.25. The van der Waals surface area contributed by atoms with Gasteiger partial charge in [0.05, 0.1) is 0 Å². The van der Waals surface area contributed by atoms with Crippen LogP contribution in [0.5, 0.6) is 0 Å². The van der Waals surface area contributed by atoms with E-state index in [1.165, 1.54) is 29.8 Å². The first kappa shape index (κ1) is 26.4. The molecule has 1 aliphatic rings. The van der Waals surface area contributed by atoms with Crippen molar-refractivity contribution in [3.05, 3.63) is 41.5 Å². The highest BCUT2D eigenvalue weighted by atomic mass is 15.1. The Morgan fingerprint density at radius 3 is 2.64 bits per heavy atom. The molecule has 1 fully saturated rings. The van der Waals surface area contributed by atoms with Crippen LogP contribution in [0.2, 0.25) is 0 Å². The molecule has 0 saturated carbocycles. The summed E-state index contributed by atoms with van der Waals surface area (Å²) in [7, 11) is 4.20. The molecule has 4 nitrogen and oxygen atoms in total. The van der Waals surface area contributed by atoms with Gasteiger partial charge in [-0.1, -0.05) is 50.6 Å². The zero-order valence-electron chi connectivity index (χ0n) is 19.4. The highest BCUT2D eigenvalue weighted by Gasteiger charge is 2.19. The fraction of sp³-hybridized carbons (Fsp3) is 0.625. The second-order valence-electron chi connectivity index (χ2n) is 6.76. The molecule has 2 rings (SSSR count). The molecule has 0 amide bonds. The summed E-state index contributed by atoms with van der Waals surface area (Å²) in [6, 6.07) is 7.07. The van der Waals surface area contributed by atoms with E-state index in [1.54, 1.807) is 0 Å². The molecule has 160 valence electrons. The predicted octanol–water partition coefficient (Wildman–Crippen LogP) is 5.46. The normalized spacial score (nSPS) is 17.5. The molecular formula is C24H44N4. The Labute approximate surface area is 174 Å². The smallest absolute Gasteiger partial charge is 0.0469 e. The Morgan fingerprint density at radius 1 is 1.25 bits per heavy atom. The van der Waals surface area contributed by atoms with Crippen LogP contribution < -0.4 is 10.6 Å². The molecule has 2 N–H and O–H groups in total. The number of anilines is 1. The van der Waals surface area contributed by atoms with Gasteiger partial charge in [-0.15, -0.1) is 0 Å². The average molecular weight is 389 g/mol. The molecule has 0 aliphatic carbocycles. The van der Waals surface area contributed by atoms with Crippen molar-refractivity contribution in [1.82, 2.24) is 10.2 Å². The predicted molar refractivity (Wildman–Crippen MR) is 128 cm³/mol. The molecule has 28 heavy (non-hydrogen) atoms. The maximum absolute atomic E-state index is 4.07. The lowest BCUT2D eigenvalue weighted by Gasteiger charge is -2.23. The largest absolute Gasteiger partial charge is 0.388 e. The summed E-state index contributed by atoms with van der Waals surface area (Å²) in [6.45, 7) is 14.6. The van der Waals surface area contributed by atoms with E-state index in [1.807, 2.05) is 34.0 Å². The van der Waals surface area contributed by atoms with Crippen molar-refractivity contribution in [2.24, 2.45) is 4.99 Å². The lowest BCUT2D eigenvalue weighted by molar-refractivity contribution is 0.327. The summed E-state index contributed by atoms with van der Waals surface area (Å²) in [6.07, 6.45) is 9.59. The van der Waals surface area contributed by atoms with Gasteiger partial charge < -0.3 is 15.5 Å². The molecule has 4 heteroatoms. The quantitative estimate of drug-likeness (QED) is 0.502. The van der Waals surface area contributed by atoms with Gasteiger partial charge in [-0.3, -0.25) is 4.99 Å². The number of hydrogen-bond donors (Lipinski definition) is 2. The lowest BCUT2D eigenvalue weighted by atomic mass is 10.0. The van der Waals surface area contributed by atoms with Crippen LogP contribution in [-0.4, -0.2) is 51.4 Å². The molecule has 0 spiro atoms. The maximum Gasteiger partial charge on any atom is 0.0469 e. The molecule has 0 unspecified atom stereocenters. The van der Waals surface area contributed by atoms with Crippen LogP contribution in [0.4, 0.5) is 5.69 Å². The van der Waals surface area contributed by atoms with Gasteiger partial charge in [-0.25, -0.2) is 0 Å². The van der Waals surface area contributed by atoms with Gasteiger partial charge in [0, 0.05) is 44.5 Å². The number of aliphatic imine (C=N–C) groups is 1. The van der Waals surface area contributed by atoms with Crippen molar-refractivity contribution in [1.29, 1.82) is 0 Å². The van der Waals surface area contributed by atoms with Crippen LogP contribution in [-0.2, 0) is 0 Å². The van der Waals surface area contributed by atoms with E-state index in [-0.39, 0.29) is 0 Å². The molecule has 1 atom stereocenters. The van der Waals surface area contributed by atoms with E-state index in [4.69, 9.17) is 0 Å². The first-order valence-electron chi connectivity index (χ1n) is 11.0. The maximum atomic E-state index is 4.07. The van der Waals surface area contributed by atoms with Crippen LogP contribution >= 0.6 is 0 Å². The van der Waals surface area contributed by atoms with Gasteiger partial charge in [0.25, 0.3) is 0 Å². The average Bonchev–Trinajstić information content (AvgIpc) is 2.94. The van der Waals surface area contributed by atoms with E-state index >= 15 is 0 Å². The van der Waals surface area contributed by atoms with Gasteiger partial charge in [0.15, 0.2) is 0 Å². The van der Waals surface area contributed by atoms with Crippen molar-refractivity contribution in [3.63, 3.8) is 0 Å². The third kappa shape index (κ3) is 11.3. The number of nitrogens with one attached hydrogen (secondary N) is 2. The second-order valence-corrected chi connectivity index (χ2v) is 6.76. The van der Waals surface area contributed by atoms with Crippen molar-refractivity contribution in [3.8, 4) is 0 Å². The molecule has 0 radical (unpaired) electrons. The summed E-state index contributed by atoms with van der Waals surface area (Å²) in [5.74, 6) is 0. The van der Waals surface area contributed by atoms with Gasteiger partial charge in [-0.2, -0.15) is 0 Å². The van der Waals surface area contributed by atoms with Crippen molar-refractivity contribution >= 4 is 11.9 Å². The van der Waals surface area contributed by atoms with E-state index in [9.17, 15) is 0 Å². The second kappa shape index (κ2) is 17.4. The molecule has 0 aromatic heterocycles. The molecular weight excluding hydrogens is 344 g/mol. The summed E-state index contributed by atoms with van der Waals surface area (Å²) in [4.78, 5) is 6.48. The lowest BCUT2D eigenvalue weighted by Crippen LogP contribution is -2.29. The number of nitrogens with zero attached hydrogens (tertiary/aromatic N) is 2. The first-order chi connectivity index (χ1) is 13.6. The van der Waals surface area contributed by atoms with Crippen LogP contribution in [0, 0.1) is 6.92 Å². The zero-order chi connectivity index (χ0) is 21.2. The number of allylic oxidation sites excluding steroid dienone is 2. The van der Waals surface area contributed by atoms with Gasteiger partial charge in [-0.05, 0) is 58.5 Å². The first-order valence-corrected chi connectivity index (χ1v) is 11.0. The van der Waals surface area contributed by atoms with E-state index in [0.29, 0.717) is 6.04 Å². The summed E-state index contributed by atoms with van der Waals surface area (Å²) in [5.41, 5.74) is 3.96. The van der Waals surface area contributed by atoms with Crippen LogP contribution in [0.15, 0.2) is 35.3 Å². The number of hydrogen-bond acceptors (Lipinski definition) is 4. The molecule has 1 aromatic carbocycles. The summed E-state index contributed by atoms with van der Waals surface area (Å²) in [5, 5.41) is 6.95. The summed E-state index contributed by atoms with van der Waals surface area (Å²) < 4.78 is 0. The van der Waals surface area contributed by atoms with E-state index < -0.39 is 0 Å². The van der Waals surface area contributed by atoms with Crippen LogP contribution in [0.25, 0.3) is 0 Å². The monoisotopic (exact) mass is 388 g/mol. The Kier molecular flexibility index (Phi) is 16.4. The number of aryl methyl sites for hydroxylation is 1. The fourth-order valence-corrected chi connectivity index (χ4v) is 3.03. The van der Waals surface area contributed by atoms with Gasteiger partial charge in [0.2, 0.25) is 0 Å². The Balaban J connectivity index is 0.000000566. The minimum absolute atomic E-state index is 0.435. The molecule has 1 aromatic rings. The van der Waals surface area contributed by atoms with Crippen LogP contribution in [0.3, 0.4) is 0 Å². The number of benzene rings is 1. The molecule has 1 aliphatic heterocycles. The van der Waals surface area contributed by atoms with E-state index in [2.05, 4.69) is 71.8 Å². The Bertz CT molecular complexity index is 540. The van der Waals surface area contributed by atoms with E-state index in [0.717, 1.165) is 32.5 Å². The van der Waals surface area contributed by atoms with Gasteiger partial charge >= 0.3 is 0 Å². The van der Waals surface area contributed by atoms with Crippen molar-refractivity contribution in [2.75, 3.05) is 45.6 Å². The zero-order valence-corrected chi connectivity index (χ0v) is 19.4. The minimum atomic E-state index is 0.435. The Hall–Kier alpha value is -1.65. The Morgan fingerprint density at radius 2 is 2.00 bits per heavy atom. The van der Waals surface area contributed by atoms with Crippen molar-refractivity contribution in [2.45, 2.75) is 59.9 Å². The number of rotatable bonds is 6. The third-order valence-electron chi connectivity index (χ3n) is 4.41. The minimum Gasteiger partial charge on any atom is -0.388 e. The SMILES string of the molecule is CC.CC/C=C\CC=NCC.CNc1ccc(C)cc1[C@@H]1CN(C)CCCN1. The summed E-state index contributed by atoms with van der Waals surface area (Å²) >= 11 is 0. The van der Waals surface area contributed by atoms with Gasteiger partial charge in [0.1, 0.15) is 0 Å². The standard InChI is InChI=1S/C14H23N3.C8H15N.C2H6/c1-11-5-6-13(15-2)12(9-11)14-10-17(3)8-4-7-16-14;1-3-5-6-7-8-9-4-2;1-2/h5-6,9,14-16H,4,7-8,10H2,1-3H3;5-6,8H,3-4,7H2,1-2H3;1-2H3/b;6-5-,9-8?;/t14-;;/m0../s1. The molecule has 1 saturated heterocycles.